The first-order chi connectivity index (χ1) is 18.2. The lowest BCUT2D eigenvalue weighted by molar-refractivity contribution is -0.143. The first-order valence-corrected chi connectivity index (χ1v) is 14.7. The summed E-state index contributed by atoms with van der Waals surface area (Å²) >= 11 is 1.66. The Kier molecular flexibility index (Phi) is 7.24. The molecule has 0 saturated carbocycles. The van der Waals surface area contributed by atoms with Crippen molar-refractivity contribution in [1.82, 2.24) is 10.2 Å². The Morgan fingerprint density at radius 2 is 1.87 bits per heavy atom. The highest BCUT2D eigenvalue weighted by Crippen LogP contribution is 2.71. The van der Waals surface area contributed by atoms with Crippen LogP contribution >= 0.6 is 11.8 Å². The van der Waals surface area contributed by atoms with Crippen LogP contribution in [0.3, 0.4) is 0 Å². The Morgan fingerprint density at radius 3 is 2.55 bits per heavy atom. The van der Waals surface area contributed by atoms with Crippen LogP contribution < -0.4 is 10.6 Å². The van der Waals surface area contributed by atoms with Crippen LogP contribution in [0.2, 0.25) is 0 Å². The summed E-state index contributed by atoms with van der Waals surface area (Å²) in [6.07, 6.45) is 3.03. The third kappa shape index (κ3) is 4.11. The second kappa shape index (κ2) is 10.2. The minimum atomic E-state index is -0.770. The molecule has 8 heteroatoms. The normalized spacial score (nSPS) is 31.3. The number of likely N-dealkylation sites (tertiary alicyclic amines) is 1. The lowest BCUT2D eigenvalue weighted by Crippen LogP contribution is -2.56. The van der Waals surface area contributed by atoms with E-state index in [9.17, 15) is 19.5 Å². The van der Waals surface area contributed by atoms with Gasteiger partial charge in [0.05, 0.1) is 29.2 Å². The molecule has 3 saturated heterocycles. The molecular weight excluding hydrogens is 498 g/mol. The molecule has 2 aromatic rings. The maximum Gasteiger partial charge on any atom is 0.248 e. The number of aliphatic hydroxyl groups is 1. The monoisotopic (exact) mass is 537 g/mol. The van der Waals surface area contributed by atoms with Crippen LogP contribution in [0.5, 0.6) is 0 Å². The van der Waals surface area contributed by atoms with Crippen molar-refractivity contribution >= 4 is 45.9 Å². The number of nitrogens with zero attached hydrogens (tertiary/aromatic N) is 1. The molecule has 2 aromatic carbocycles. The number of carbonyl (C=O) groups is 3. The molecule has 3 N–H and O–H groups in total. The molecule has 1 spiro atoms. The Balaban J connectivity index is 1.56. The summed E-state index contributed by atoms with van der Waals surface area (Å²) in [7, 11) is 0. The minimum absolute atomic E-state index is 0.000278. The molecule has 204 valence electrons. The average Bonchev–Trinajstić information content (AvgIpc) is 3.48. The highest BCUT2D eigenvalue weighted by molar-refractivity contribution is 8.02. The largest absolute Gasteiger partial charge is 0.394 e. The summed E-state index contributed by atoms with van der Waals surface area (Å²) in [6.45, 7) is 8.46. The summed E-state index contributed by atoms with van der Waals surface area (Å²) in [5.74, 6) is -1.60. The molecule has 0 radical (unpaired) electrons. The van der Waals surface area contributed by atoms with Gasteiger partial charge in [-0.15, -0.1) is 11.8 Å². The number of hydrogen-bond donors (Lipinski definition) is 3. The number of hydrogen-bond acceptors (Lipinski definition) is 5. The highest BCUT2D eigenvalue weighted by Gasteiger charge is 2.77. The van der Waals surface area contributed by atoms with Crippen LogP contribution in [0.4, 0.5) is 5.69 Å². The fourth-order valence-electron chi connectivity index (χ4n) is 7.07. The molecule has 7 atom stereocenters. The van der Waals surface area contributed by atoms with Gasteiger partial charge in [-0.1, -0.05) is 57.5 Å². The first kappa shape index (κ1) is 27.0. The zero-order valence-corrected chi connectivity index (χ0v) is 23.5. The fraction of sp³-hybridized carbons (Fsp3) is 0.567. The quantitative estimate of drug-likeness (QED) is 0.446. The number of rotatable bonds is 9. The maximum absolute atomic E-state index is 14.3. The zero-order valence-electron chi connectivity index (χ0n) is 22.7. The van der Waals surface area contributed by atoms with Crippen molar-refractivity contribution in [3.63, 3.8) is 0 Å². The van der Waals surface area contributed by atoms with Crippen LogP contribution in [-0.2, 0) is 14.4 Å². The van der Waals surface area contributed by atoms with Gasteiger partial charge in [0.1, 0.15) is 6.04 Å². The van der Waals surface area contributed by atoms with Crippen molar-refractivity contribution in [2.24, 2.45) is 17.8 Å². The molecular formula is C30H39N3O4S. The van der Waals surface area contributed by atoms with Crippen molar-refractivity contribution < 1.29 is 19.5 Å². The van der Waals surface area contributed by atoms with Crippen LogP contribution in [0, 0.1) is 17.8 Å². The van der Waals surface area contributed by atoms with Gasteiger partial charge in [-0.2, -0.15) is 0 Å². The molecule has 2 unspecified atom stereocenters. The van der Waals surface area contributed by atoms with Gasteiger partial charge in [-0.05, 0) is 55.0 Å². The molecule has 0 aromatic heterocycles. The van der Waals surface area contributed by atoms with Gasteiger partial charge in [-0.3, -0.25) is 14.4 Å². The molecule has 7 nitrogen and oxygen atoms in total. The van der Waals surface area contributed by atoms with Gasteiger partial charge in [-0.25, -0.2) is 0 Å². The molecule has 3 amide bonds. The number of amides is 3. The number of aliphatic hydroxyl groups excluding tert-OH is 1. The predicted molar refractivity (Wildman–Crippen MR) is 152 cm³/mol. The number of benzene rings is 2. The predicted octanol–water partition coefficient (Wildman–Crippen LogP) is 4.19. The SMILES string of the molecule is CCCNC(=O)[C@H]1[C@H]2C(=O)N([C@@H](CO)[C@@H](C)CC)C(C(=O)Nc3ccc4ccccc4c3)C23CC[C@]1(C)S3. The number of nitrogens with one attached hydrogen (secondary N) is 2. The summed E-state index contributed by atoms with van der Waals surface area (Å²) in [4.78, 5) is 43.6. The van der Waals surface area contributed by atoms with Gasteiger partial charge in [0, 0.05) is 17.0 Å². The maximum atomic E-state index is 14.3. The molecule has 3 aliphatic rings. The third-order valence-electron chi connectivity index (χ3n) is 9.16. The Morgan fingerprint density at radius 1 is 1.13 bits per heavy atom. The molecule has 2 bridgehead atoms. The average molecular weight is 538 g/mol. The number of fused-ring (bicyclic) bond motifs is 2. The summed E-state index contributed by atoms with van der Waals surface area (Å²) in [5.41, 5.74) is 0.672. The van der Waals surface area contributed by atoms with E-state index in [-0.39, 0.29) is 30.2 Å². The van der Waals surface area contributed by atoms with E-state index in [1.165, 1.54) is 0 Å². The molecule has 5 rings (SSSR count). The molecule has 3 aliphatic heterocycles. The van der Waals surface area contributed by atoms with Crippen molar-refractivity contribution in [3.05, 3.63) is 42.5 Å². The van der Waals surface area contributed by atoms with Gasteiger partial charge < -0.3 is 20.6 Å². The van der Waals surface area contributed by atoms with Crippen LogP contribution in [-0.4, -0.2) is 62.5 Å². The Hall–Kier alpha value is -2.58. The Labute approximate surface area is 229 Å². The second-order valence-corrected chi connectivity index (χ2v) is 13.3. The van der Waals surface area contributed by atoms with E-state index in [2.05, 4.69) is 17.6 Å². The summed E-state index contributed by atoms with van der Waals surface area (Å²) < 4.78 is -1.11. The van der Waals surface area contributed by atoms with Gasteiger partial charge in [0.2, 0.25) is 17.7 Å². The topological polar surface area (TPSA) is 98.7 Å². The van der Waals surface area contributed by atoms with Crippen LogP contribution in [0.1, 0.15) is 53.4 Å². The van der Waals surface area contributed by atoms with Gasteiger partial charge in [0.15, 0.2) is 0 Å². The highest BCUT2D eigenvalue weighted by atomic mass is 32.2. The molecule has 3 fully saturated rings. The van der Waals surface area contributed by atoms with E-state index in [0.29, 0.717) is 18.7 Å². The van der Waals surface area contributed by atoms with Crippen LogP contribution in [0.25, 0.3) is 10.8 Å². The lowest BCUT2D eigenvalue weighted by atomic mass is 9.66. The summed E-state index contributed by atoms with van der Waals surface area (Å²) in [6, 6.07) is 12.5. The van der Waals surface area contributed by atoms with Crippen molar-refractivity contribution in [3.8, 4) is 0 Å². The van der Waals surface area contributed by atoms with Crippen LogP contribution in [0.15, 0.2) is 42.5 Å². The van der Waals surface area contributed by atoms with Gasteiger partial charge in [0.25, 0.3) is 0 Å². The van der Waals surface area contributed by atoms with E-state index < -0.39 is 33.4 Å². The van der Waals surface area contributed by atoms with Gasteiger partial charge >= 0.3 is 0 Å². The van der Waals surface area contributed by atoms with E-state index in [1.54, 1.807) is 16.7 Å². The number of carbonyl (C=O) groups excluding carboxylic acids is 3. The van der Waals surface area contributed by atoms with E-state index >= 15 is 0 Å². The van der Waals surface area contributed by atoms with Crippen molar-refractivity contribution in [2.75, 3.05) is 18.5 Å². The van der Waals surface area contributed by atoms with Crippen molar-refractivity contribution in [2.45, 2.75) is 75.0 Å². The van der Waals surface area contributed by atoms with Crippen molar-refractivity contribution in [1.29, 1.82) is 0 Å². The number of thioether (sulfide) groups is 1. The fourth-order valence-corrected chi connectivity index (χ4v) is 9.41. The smallest absolute Gasteiger partial charge is 0.248 e. The first-order valence-electron chi connectivity index (χ1n) is 13.9. The second-order valence-electron chi connectivity index (χ2n) is 11.5. The molecule has 38 heavy (non-hydrogen) atoms. The molecule has 3 heterocycles. The molecule has 0 aliphatic carbocycles. The van der Waals surface area contributed by atoms with E-state index in [1.807, 2.05) is 63.2 Å². The zero-order chi connectivity index (χ0) is 27.2. The van der Waals surface area contributed by atoms with E-state index in [4.69, 9.17) is 0 Å². The third-order valence-corrected chi connectivity index (χ3v) is 11.1. The lowest BCUT2D eigenvalue weighted by Gasteiger charge is -2.39. The summed E-state index contributed by atoms with van der Waals surface area (Å²) in [5, 5.41) is 18.7. The van der Waals surface area contributed by atoms with E-state index in [0.717, 1.165) is 30.0 Å². The minimum Gasteiger partial charge on any atom is -0.394 e. The Bertz CT molecular complexity index is 1250. The standard InChI is InChI=1S/C30H39N3O4S/c1-5-15-31-26(35)23-24-28(37)33(22(17-34)18(3)6-2)25(30(24)14-13-29(23,4)38-30)27(36)32-21-12-11-19-9-7-8-10-20(19)16-21/h7-12,16,18,22-25,34H,5-6,13-15,17H2,1-4H3,(H,31,35)(H,32,36)/t18-,22-,23+,24-,25?,29-,30?/m0/s1. The number of anilines is 1.